The van der Waals surface area contributed by atoms with Gasteiger partial charge in [-0.05, 0) is 24.5 Å². The molecule has 0 amide bonds. The lowest BCUT2D eigenvalue weighted by Crippen LogP contribution is -1.98. The molecule has 0 aliphatic heterocycles. The lowest BCUT2D eigenvalue weighted by Gasteiger charge is -2.08. The van der Waals surface area contributed by atoms with Crippen LogP contribution < -0.4 is 0 Å². The largest absolute Gasteiger partial charge is 0.348 e. The molecular formula is C13H16BrN. The van der Waals surface area contributed by atoms with Crippen LogP contribution in [0.15, 0.2) is 24.3 Å². The molecule has 15 heavy (non-hydrogen) atoms. The Labute approximate surface area is 99.2 Å². The van der Waals surface area contributed by atoms with E-state index in [-0.39, 0.29) is 0 Å². The molecule has 2 rings (SSSR count). The lowest BCUT2D eigenvalue weighted by molar-refractivity contribution is 0.841. The van der Waals surface area contributed by atoms with E-state index in [1.807, 2.05) is 0 Å². The lowest BCUT2D eigenvalue weighted by atomic mass is 10.00. The van der Waals surface area contributed by atoms with Crippen molar-refractivity contribution in [3.05, 3.63) is 35.5 Å². The molecule has 1 aromatic carbocycles. The fourth-order valence-corrected chi connectivity index (χ4v) is 2.57. The third-order valence-corrected chi connectivity index (χ3v) is 4.14. The number of aryl methyl sites for hydroxylation is 1. The summed E-state index contributed by atoms with van der Waals surface area (Å²) in [5.74, 6) is 0.566. The summed E-state index contributed by atoms with van der Waals surface area (Å²) in [4.78, 5) is 0. The maximum absolute atomic E-state index is 3.57. The summed E-state index contributed by atoms with van der Waals surface area (Å²) in [6.07, 6.45) is 0. The van der Waals surface area contributed by atoms with Crippen LogP contribution in [-0.2, 0) is 7.05 Å². The smallest absolute Gasteiger partial charge is 0.0482 e. The number of fused-ring (bicyclic) bond motifs is 1. The topological polar surface area (TPSA) is 4.93 Å². The van der Waals surface area contributed by atoms with E-state index in [0.717, 1.165) is 5.33 Å². The first-order chi connectivity index (χ1) is 7.16. The molecule has 0 fully saturated rings. The van der Waals surface area contributed by atoms with Gasteiger partial charge >= 0.3 is 0 Å². The van der Waals surface area contributed by atoms with Crippen LogP contribution in [0, 0.1) is 6.92 Å². The molecule has 2 aromatic rings. The highest BCUT2D eigenvalue weighted by Gasteiger charge is 2.15. The summed E-state index contributed by atoms with van der Waals surface area (Å²) in [7, 11) is 2.14. The molecule has 80 valence electrons. The van der Waals surface area contributed by atoms with Gasteiger partial charge in [0.25, 0.3) is 0 Å². The molecule has 0 radical (unpaired) electrons. The van der Waals surface area contributed by atoms with Crippen LogP contribution in [0.3, 0.4) is 0 Å². The average molecular weight is 266 g/mol. The molecular weight excluding hydrogens is 250 g/mol. The zero-order chi connectivity index (χ0) is 11.0. The highest BCUT2D eigenvalue weighted by molar-refractivity contribution is 9.09. The van der Waals surface area contributed by atoms with E-state index in [0.29, 0.717) is 5.92 Å². The van der Waals surface area contributed by atoms with Gasteiger partial charge in [-0.25, -0.2) is 0 Å². The highest BCUT2D eigenvalue weighted by Crippen LogP contribution is 2.31. The van der Waals surface area contributed by atoms with Gasteiger partial charge in [0.15, 0.2) is 0 Å². The molecule has 0 aliphatic carbocycles. The molecule has 1 unspecified atom stereocenters. The summed E-state index contributed by atoms with van der Waals surface area (Å²) in [6.45, 7) is 4.47. The van der Waals surface area contributed by atoms with E-state index >= 15 is 0 Å². The summed E-state index contributed by atoms with van der Waals surface area (Å²) < 4.78 is 2.28. The van der Waals surface area contributed by atoms with Gasteiger partial charge < -0.3 is 4.57 Å². The van der Waals surface area contributed by atoms with Crippen LogP contribution in [0.25, 0.3) is 10.9 Å². The van der Waals surface area contributed by atoms with Crippen molar-refractivity contribution in [3.8, 4) is 0 Å². The molecule has 0 saturated heterocycles. The number of rotatable bonds is 2. The molecule has 0 N–H and O–H groups in total. The second-order valence-electron chi connectivity index (χ2n) is 4.13. The van der Waals surface area contributed by atoms with Gasteiger partial charge in [-0.3, -0.25) is 0 Å². The Kier molecular flexibility index (Phi) is 2.87. The molecule has 0 saturated carbocycles. The molecule has 2 heteroatoms. The van der Waals surface area contributed by atoms with Gasteiger partial charge in [0, 0.05) is 29.0 Å². The third kappa shape index (κ3) is 1.61. The summed E-state index contributed by atoms with van der Waals surface area (Å²) in [6, 6.07) is 8.63. The van der Waals surface area contributed by atoms with Crippen molar-refractivity contribution in [1.82, 2.24) is 4.57 Å². The van der Waals surface area contributed by atoms with Crippen LogP contribution in [0.1, 0.15) is 24.1 Å². The number of aromatic nitrogens is 1. The van der Waals surface area contributed by atoms with E-state index in [1.54, 1.807) is 0 Å². The van der Waals surface area contributed by atoms with E-state index < -0.39 is 0 Å². The first kappa shape index (κ1) is 10.7. The Bertz CT molecular complexity index is 484. The van der Waals surface area contributed by atoms with Crippen LogP contribution in [-0.4, -0.2) is 9.90 Å². The van der Waals surface area contributed by atoms with Crippen LogP contribution >= 0.6 is 15.9 Å². The van der Waals surface area contributed by atoms with Crippen LogP contribution in [0.5, 0.6) is 0 Å². The first-order valence-corrected chi connectivity index (χ1v) is 6.38. The number of nitrogens with zero attached hydrogens (tertiary/aromatic N) is 1. The van der Waals surface area contributed by atoms with Gasteiger partial charge in [-0.1, -0.05) is 41.1 Å². The zero-order valence-electron chi connectivity index (χ0n) is 9.42. The van der Waals surface area contributed by atoms with Gasteiger partial charge in [-0.2, -0.15) is 0 Å². The molecule has 1 atom stereocenters. The van der Waals surface area contributed by atoms with Crippen molar-refractivity contribution < 1.29 is 0 Å². The molecule has 1 heterocycles. The van der Waals surface area contributed by atoms with Crippen molar-refractivity contribution in [2.75, 3.05) is 5.33 Å². The predicted molar refractivity (Wildman–Crippen MR) is 69.9 cm³/mol. The SMILES string of the molecule is Cc1c(C(C)CBr)c2ccccc2n1C. The van der Waals surface area contributed by atoms with Crippen molar-refractivity contribution in [1.29, 1.82) is 0 Å². The van der Waals surface area contributed by atoms with Crippen molar-refractivity contribution in [2.24, 2.45) is 7.05 Å². The molecule has 0 spiro atoms. The van der Waals surface area contributed by atoms with E-state index in [1.165, 1.54) is 22.2 Å². The van der Waals surface area contributed by atoms with Gasteiger partial charge in [0.2, 0.25) is 0 Å². The number of hydrogen-bond acceptors (Lipinski definition) is 0. The summed E-state index contributed by atoms with van der Waals surface area (Å²) in [5.41, 5.74) is 4.19. The average Bonchev–Trinajstić information content (AvgIpc) is 2.52. The number of para-hydroxylation sites is 1. The van der Waals surface area contributed by atoms with Gasteiger partial charge in [-0.15, -0.1) is 0 Å². The van der Waals surface area contributed by atoms with Crippen molar-refractivity contribution in [2.45, 2.75) is 19.8 Å². The Hall–Kier alpha value is -0.760. The second-order valence-corrected chi connectivity index (χ2v) is 4.78. The van der Waals surface area contributed by atoms with Crippen LogP contribution in [0.4, 0.5) is 0 Å². The number of benzene rings is 1. The molecule has 0 aliphatic rings. The standard InChI is InChI=1S/C13H16BrN/c1-9(8-14)13-10(2)15(3)12-7-5-4-6-11(12)13/h4-7,9H,8H2,1-3H3. The second kappa shape index (κ2) is 4.01. The Morgan fingerprint density at radius 2 is 2.00 bits per heavy atom. The molecule has 1 aromatic heterocycles. The Balaban J connectivity index is 2.77. The highest BCUT2D eigenvalue weighted by atomic mass is 79.9. The fourth-order valence-electron chi connectivity index (χ4n) is 2.25. The Morgan fingerprint density at radius 3 is 2.67 bits per heavy atom. The number of hydrogen-bond donors (Lipinski definition) is 0. The summed E-state index contributed by atoms with van der Waals surface area (Å²) in [5, 5.41) is 2.41. The predicted octanol–water partition coefficient (Wildman–Crippen LogP) is 3.99. The number of halogens is 1. The minimum atomic E-state index is 0.566. The Morgan fingerprint density at radius 1 is 1.33 bits per heavy atom. The maximum Gasteiger partial charge on any atom is 0.0482 e. The first-order valence-electron chi connectivity index (χ1n) is 5.26. The van der Waals surface area contributed by atoms with Crippen molar-refractivity contribution >= 4 is 26.8 Å². The fraction of sp³-hybridized carbons (Fsp3) is 0.385. The minimum Gasteiger partial charge on any atom is -0.348 e. The van der Waals surface area contributed by atoms with Crippen LogP contribution in [0.2, 0.25) is 0 Å². The molecule has 1 nitrogen and oxygen atoms in total. The van der Waals surface area contributed by atoms with Gasteiger partial charge in [0.1, 0.15) is 0 Å². The van der Waals surface area contributed by atoms with Gasteiger partial charge in [0.05, 0.1) is 0 Å². The summed E-state index contributed by atoms with van der Waals surface area (Å²) >= 11 is 3.57. The van der Waals surface area contributed by atoms with E-state index in [9.17, 15) is 0 Å². The van der Waals surface area contributed by atoms with E-state index in [4.69, 9.17) is 0 Å². The van der Waals surface area contributed by atoms with Crippen molar-refractivity contribution in [3.63, 3.8) is 0 Å². The maximum atomic E-state index is 3.57. The number of alkyl halides is 1. The monoisotopic (exact) mass is 265 g/mol. The quantitative estimate of drug-likeness (QED) is 0.724. The minimum absolute atomic E-state index is 0.566. The molecule has 0 bridgehead atoms. The zero-order valence-corrected chi connectivity index (χ0v) is 11.0. The third-order valence-electron chi connectivity index (χ3n) is 3.17. The normalized spacial score (nSPS) is 13.3. The van der Waals surface area contributed by atoms with E-state index in [2.05, 4.69) is 65.7 Å².